The van der Waals surface area contributed by atoms with Crippen molar-refractivity contribution in [2.75, 3.05) is 35.4 Å². The van der Waals surface area contributed by atoms with Crippen molar-refractivity contribution in [3.63, 3.8) is 0 Å². The Hall–Kier alpha value is -0.980. The maximum atomic E-state index is 8.60. The number of aliphatic hydroxyl groups excluding tert-OH is 1. The number of nitrogen functional groups attached to an aromatic ring is 1. The first-order valence-corrected chi connectivity index (χ1v) is 6.38. The Kier molecular flexibility index (Phi) is 6.71. The van der Waals surface area contributed by atoms with Gasteiger partial charge in [-0.15, -0.1) is 0 Å². The van der Waals surface area contributed by atoms with Crippen molar-refractivity contribution >= 4 is 23.4 Å². The van der Waals surface area contributed by atoms with E-state index < -0.39 is 0 Å². The highest BCUT2D eigenvalue weighted by Gasteiger charge is 1.95. The predicted octanol–water partition coefficient (Wildman–Crippen LogP) is 0.895. The molecule has 0 radical (unpaired) electrons. The van der Waals surface area contributed by atoms with E-state index in [9.17, 15) is 0 Å². The first-order valence-electron chi connectivity index (χ1n) is 5.23. The van der Waals surface area contributed by atoms with Gasteiger partial charge in [0.15, 0.2) is 0 Å². The van der Waals surface area contributed by atoms with E-state index in [2.05, 4.69) is 15.7 Å². The molecule has 1 rings (SSSR count). The molecule has 6 heteroatoms. The van der Waals surface area contributed by atoms with Crippen molar-refractivity contribution in [2.24, 2.45) is 5.84 Å². The molecule has 0 unspecified atom stereocenters. The number of pyridine rings is 1. The lowest BCUT2D eigenvalue weighted by molar-refractivity contribution is 0.296. The molecule has 0 aromatic carbocycles. The smallest absolute Gasteiger partial charge is 0.142 e. The van der Waals surface area contributed by atoms with Crippen LogP contribution in [0.1, 0.15) is 6.42 Å². The summed E-state index contributed by atoms with van der Waals surface area (Å²) in [6.45, 7) is 1.13. The lowest BCUT2D eigenvalue weighted by Crippen LogP contribution is -2.11. The molecule has 1 heterocycles. The van der Waals surface area contributed by atoms with Crippen molar-refractivity contribution in [1.29, 1.82) is 0 Å². The third-order valence-corrected chi connectivity index (χ3v) is 2.97. The topological polar surface area (TPSA) is 83.2 Å². The van der Waals surface area contributed by atoms with Gasteiger partial charge < -0.3 is 15.8 Å². The van der Waals surface area contributed by atoms with E-state index in [0.29, 0.717) is 5.82 Å². The molecule has 0 spiro atoms. The lowest BCUT2D eigenvalue weighted by Gasteiger charge is -2.06. The Labute approximate surface area is 99.8 Å². The molecule has 0 aliphatic heterocycles. The lowest BCUT2D eigenvalue weighted by atomic mass is 10.4. The molecule has 0 bridgehead atoms. The Bertz CT molecular complexity index is 298. The average Bonchev–Trinajstić information content (AvgIpc) is 2.34. The number of nitrogens with zero attached hydrogens (tertiary/aromatic N) is 1. The summed E-state index contributed by atoms with van der Waals surface area (Å²) in [6.07, 6.45) is 0.857. The van der Waals surface area contributed by atoms with Crippen LogP contribution in [-0.2, 0) is 0 Å². The molecule has 0 saturated carbocycles. The molecular weight excluding hydrogens is 224 g/mol. The quantitative estimate of drug-likeness (QED) is 0.308. The zero-order valence-electron chi connectivity index (χ0n) is 9.15. The van der Waals surface area contributed by atoms with Crippen molar-refractivity contribution < 1.29 is 5.11 Å². The highest BCUT2D eigenvalue weighted by molar-refractivity contribution is 7.99. The van der Waals surface area contributed by atoms with Crippen LogP contribution in [0.25, 0.3) is 0 Å². The summed E-state index contributed by atoms with van der Waals surface area (Å²) < 4.78 is 0. The van der Waals surface area contributed by atoms with Crippen LogP contribution >= 0.6 is 11.8 Å². The Morgan fingerprint density at radius 1 is 1.31 bits per heavy atom. The SMILES string of the molecule is NNc1cccc(NCCSCCCO)n1. The summed E-state index contributed by atoms with van der Waals surface area (Å²) in [5.74, 6) is 8.73. The fourth-order valence-electron chi connectivity index (χ4n) is 1.13. The van der Waals surface area contributed by atoms with Gasteiger partial charge in [0, 0.05) is 18.9 Å². The van der Waals surface area contributed by atoms with Gasteiger partial charge in [-0.25, -0.2) is 10.8 Å². The second-order valence-electron chi connectivity index (χ2n) is 3.17. The molecule has 0 fully saturated rings. The molecule has 1 aromatic rings. The molecule has 5 N–H and O–H groups in total. The van der Waals surface area contributed by atoms with Crippen LogP contribution in [0.5, 0.6) is 0 Å². The summed E-state index contributed by atoms with van der Waals surface area (Å²) >= 11 is 1.82. The van der Waals surface area contributed by atoms with E-state index in [1.54, 1.807) is 6.07 Å². The molecule has 1 aromatic heterocycles. The number of aromatic nitrogens is 1. The summed E-state index contributed by atoms with van der Waals surface area (Å²) in [5.41, 5.74) is 2.50. The van der Waals surface area contributed by atoms with Gasteiger partial charge >= 0.3 is 0 Å². The second kappa shape index (κ2) is 8.20. The van der Waals surface area contributed by atoms with Gasteiger partial charge in [-0.1, -0.05) is 6.07 Å². The molecule has 0 saturated heterocycles. The van der Waals surface area contributed by atoms with Gasteiger partial charge in [-0.05, 0) is 24.3 Å². The number of hydrazine groups is 1. The second-order valence-corrected chi connectivity index (χ2v) is 4.39. The fraction of sp³-hybridized carbons (Fsp3) is 0.500. The van der Waals surface area contributed by atoms with Crippen LogP contribution < -0.4 is 16.6 Å². The van der Waals surface area contributed by atoms with Gasteiger partial charge in [-0.2, -0.15) is 11.8 Å². The van der Waals surface area contributed by atoms with E-state index >= 15 is 0 Å². The average molecular weight is 242 g/mol. The molecule has 0 aliphatic rings. The van der Waals surface area contributed by atoms with Crippen LogP contribution in [0.2, 0.25) is 0 Å². The molecular formula is C10H18N4OS. The number of anilines is 2. The van der Waals surface area contributed by atoms with Gasteiger partial charge in [-0.3, -0.25) is 0 Å². The number of thioether (sulfide) groups is 1. The molecule has 0 atom stereocenters. The minimum absolute atomic E-state index is 0.270. The van der Waals surface area contributed by atoms with E-state index in [1.807, 2.05) is 23.9 Å². The standard InChI is InChI=1S/C10H18N4OS/c11-14-10-4-1-3-9(13-10)12-5-8-16-7-2-6-15/h1,3-4,15H,2,5-8,11H2,(H2,12,13,14). The maximum absolute atomic E-state index is 8.60. The highest BCUT2D eigenvalue weighted by Crippen LogP contribution is 2.08. The fourth-order valence-corrected chi connectivity index (χ4v) is 1.92. The molecule has 90 valence electrons. The van der Waals surface area contributed by atoms with Crippen LogP contribution in [-0.4, -0.2) is 34.7 Å². The zero-order chi connectivity index (χ0) is 11.6. The summed E-state index contributed by atoms with van der Waals surface area (Å²) in [6, 6.07) is 5.60. The van der Waals surface area contributed by atoms with Crippen molar-refractivity contribution in [1.82, 2.24) is 4.98 Å². The largest absolute Gasteiger partial charge is 0.396 e. The van der Waals surface area contributed by atoms with Crippen LogP contribution in [0.3, 0.4) is 0 Å². The van der Waals surface area contributed by atoms with Crippen LogP contribution in [0.4, 0.5) is 11.6 Å². The van der Waals surface area contributed by atoms with Crippen LogP contribution in [0.15, 0.2) is 18.2 Å². The molecule has 5 nitrogen and oxygen atoms in total. The minimum atomic E-state index is 0.270. The first kappa shape index (κ1) is 13.1. The number of aliphatic hydroxyl groups is 1. The monoisotopic (exact) mass is 242 g/mol. The molecule has 16 heavy (non-hydrogen) atoms. The van der Waals surface area contributed by atoms with Crippen molar-refractivity contribution in [3.8, 4) is 0 Å². The normalized spacial score (nSPS) is 10.1. The Balaban J connectivity index is 2.16. The van der Waals surface area contributed by atoms with E-state index in [0.717, 1.165) is 30.3 Å². The number of hydrogen-bond donors (Lipinski definition) is 4. The van der Waals surface area contributed by atoms with Crippen molar-refractivity contribution in [2.45, 2.75) is 6.42 Å². The van der Waals surface area contributed by atoms with Crippen molar-refractivity contribution in [3.05, 3.63) is 18.2 Å². The third kappa shape index (κ3) is 5.20. The predicted molar refractivity (Wildman–Crippen MR) is 69.6 cm³/mol. The summed E-state index contributed by atoms with van der Waals surface area (Å²) in [5, 5.41) is 11.8. The van der Waals surface area contributed by atoms with Gasteiger partial charge in [0.2, 0.25) is 0 Å². The Morgan fingerprint density at radius 2 is 2.12 bits per heavy atom. The number of nitrogens with two attached hydrogens (primary N) is 1. The van der Waals surface area contributed by atoms with Crippen LogP contribution in [0, 0.1) is 0 Å². The number of hydrogen-bond acceptors (Lipinski definition) is 6. The summed E-state index contributed by atoms with van der Waals surface area (Å²) in [7, 11) is 0. The number of rotatable bonds is 8. The zero-order valence-corrected chi connectivity index (χ0v) is 9.96. The molecule has 0 amide bonds. The van der Waals surface area contributed by atoms with E-state index in [1.165, 1.54) is 0 Å². The van der Waals surface area contributed by atoms with Gasteiger partial charge in [0.25, 0.3) is 0 Å². The minimum Gasteiger partial charge on any atom is -0.396 e. The number of nitrogens with one attached hydrogen (secondary N) is 2. The van der Waals surface area contributed by atoms with Gasteiger partial charge in [0.05, 0.1) is 0 Å². The molecule has 0 aliphatic carbocycles. The van der Waals surface area contributed by atoms with E-state index in [4.69, 9.17) is 10.9 Å². The first-order chi connectivity index (χ1) is 7.86. The summed E-state index contributed by atoms with van der Waals surface area (Å²) in [4.78, 5) is 4.23. The third-order valence-electron chi connectivity index (χ3n) is 1.90. The highest BCUT2D eigenvalue weighted by atomic mass is 32.2. The van der Waals surface area contributed by atoms with E-state index in [-0.39, 0.29) is 6.61 Å². The maximum Gasteiger partial charge on any atom is 0.142 e. The van der Waals surface area contributed by atoms with Gasteiger partial charge in [0.1, 0.15) is 11.6 Å². The Morgan fingerprint density at radius 3 is 2.88 bits per heavy atom.